The lowest BCUT2D eigenvalue weighted by Crippen LogP contribution is -2.56. The third kappa shape index (κ3) is 7.61. The molecule has 3 unspecified atom stereocenters. The summed E-state index contributed by atoms with van der Waals surface area (Å²) < 4.78 is 5.45. The van der Waals surface area contributed by atoms with Crippen molar-refractivity contribution in [3.8, 4) is 5.75 Å². The molecular weight excluding hydrogens is 458 g/mol. The summed E-state index contributed by atoms with van der Waals surface area (Å²) in [7, 11) is 0. The van der Waals surface area contributed by atoms with Gasteiger partial charge in [0, 0.05) is 12.1 Å². The van der Waals surface area contributed by atoms with Gasteiger partial charge in [-0.1, -0.05) is 51.7 Å². The fourth-order valence-corrected chi connectivity index (χ4v) is 4.77. The molecule has 1 aromatic carbocycles. The maximum atomic E-state index is 14.1. The minimum Gasteiger partial charge on any atom is -0.508 e. The van der Waals surface area contributed by atoms with E-state index in [0.717, 1.165) is 38.5 Å². The maximum absolute atomic E-state index is 14.1. The Kier molecular flexibility index (Phi) is 9.25. The Morgan fingerprint density at radius 1 is 1.06 bits per heavy atom. The van der Waals surface area contributed by atoms with Gasteiger partial charge in [-0.2, -0.15) is 0 Å². The summed E-state index contributed by atoms with van der Waals surface area (Å²) in [6.45, 7) is 9.22. The molecule has 3 N–H and O–H groups in total. The molecule has 0 bridgehead atoms. The Morgan fingerprint density at radius 3 is 2.19 bits per heavy atom. The fourth-order valence-electron chi connectivity index (χ4n) is 4.77. The quantitative estimate of drug-likeness (QED) is 0.450. The minimum absolute atomic E-state index is 0.0830. The molecule has 8 heteroatoms. The van der Waals surface area contributed by atoms with Crippen LogP contribution >= 0.6 is 0 Å². The second-order valence-electron chi connectivity index (χ2n) is 11.3. The molecule has 3 amide bonds. The predicted octanol–water partition coefficient (Wildman–Crippen LogP) is 4.81. The van der Waals surface area contributed by atoms with Crippen LogP contribution in [-0.2, 0) is 14.3 Å². The van der Waals surface area contributed by atoms with Gasteiger partial charge in [0.15, 0.2) is 0 Å². The van der Waals surface area contributed by atoms with Crippen LogP contribution < -0.4 is 10.6 Å². The van der Waals surface area contributed by atoms with Crippen LogP contribution in [0.25, 0.3) is 0 Å². The molecule has 200 valence electrons. The summed E-state index contributed by atoms with van der Waals surface area (Å²) in [5.41, 5.74) is -0.0564. The van der Waals surface area contributed by atoms with E-state index < -0.39 is 23.8 Å². The van der Waals surface area contributed by atoms with Crippen molar-refractivity contribution < 1.29 is 24.2 Å². The zero-order valence-corrected chi connectivity index (χ0v) is 22.4. The number of rotatable bonds is 9. The van der Waals surface area contributed by atoms with Gasteiger partial charge >= 0.3 is 6.09 Å². The van der Waals surface area contributed by atoms with Crippen molar-refractivity contribution in [3.05, 3.63) is 29.8 Å². The van der Waals surface area contributed by atoms with Crippen molar-refractivity contribution in [2.75, 3.05) is 0 Å². The number of nitrogens with one attached hydrogen (secondary N) is 2. The molecule has 0 aromatic heterocycles. The second-order valence-corrected chi connectivity index (χ2v) is 11.3. The molecule has 0 radical (unpaired) electrons. The third-order valence-electron chi connectivity index (χ3n) is 7.03. The Labute approximate surface area is 215 Å². The second kappa shape index (κ2) is 12.0. The van der Waals surface area contributed by atoms with Gasteiger partial charge in [-0.25, -0.2) is 4.79 Å². The zero-order chi connectivity index (χ0) is 26.5. The lowest BCUT2D eigenvalue weighted by atomic mass is 9.93. The molecular formula is C28H43N3O5. The molecule has 8 nitrogen and oxygen atoms in total. The van der Waals surface area contributed by atoms with Crippen molar-refractivity contribution in [1.29, 1.82) is 0 Å². The number of amides is 3. The third-order valence-corrected chi connectivity index (χ3v) is 7.03. The summed E-state index contributed by atoms with van der Waals surface area (Å²) in [5.74, 6) is -0.561. The van der Waals surface area contributed by atoms with Gasteiger partial charge in [0.25, 0.3) is 0 Å². The van der Waals surface area contributed by atoms with Gasteiger partial charge in [0.1, 0.15) is 23.4 Å². The molecule has 0 saturated heterocycles. The molecule has 3 atom stereocenters. The molecule has 0 spiro atoms. The topological polar surface area (TPSA) is 108 Å². The van der Waals surface area contributed by atoms with Gasteiger partial charge in [0.05, 0.1) is 0 Å². The highest BCUT2D eigenvalue weighted by atomic mass is 16.6. The Hall–Kier alpha value is -2.77. The number of nitrogens with zero attached hydrogens (tertiary/aromatic N) is 1. The average molecular weight is 502 g/mol. The van der Waals surface area contributed by atoms with Crippen molar-refractivity contribution in [2.24, 2.45) is 5.92 Å². The molecule has 2 aliphatic carbocycles. The van der Waals surface area contributed by atoms with E-state index in [1.807, 2.05) is 13.8 Å². The number of carbonyl (C=O) groups is 3. The summed E-state index contributed by atoms with van der Waals surface area (Å²) in [4.78, 5) is 42.2. The lowest BCUT2D eigenvalue weighted by Gasteiger charge is -2.37. The largest absolute Gasteiger partial charge is 0.508 e. The number of alkyl carbamates (subject to hydrolysis) is 1. The van der Waals surface area contributed by atoms with Gasteiger partial charge in [-0.15, -0.1) is 0 Å². The standard InChI is InChI=1S/C28H43N3O5/c1-6-18(2)23(30-27(35)36-28(3,4)5)26(34)31(21-14-15-21)24(19-12-16-22(32)17-13-19)25(33)29-20-10-8-7-9-11-20/h12-13,16-18,20-21,23-24,32H,6-11,14-15H2,1-5H3,(H,29,33)(H,30,35). The maximum Gasteiger partial charge on any atom is 0.408 e. The predicted molar refractivity (Wildman–Crippen MR) is 138 cm³/mol. The number of phenolic OH excluding ortho intramolecular Hbond substituents is 1. The van der Waals surface area contributed by atoms with Crippen LogP contribution in [0.15, 0.2) is 24.3 Å². The van der Waals surface area contributed by atoms with Crippen LogP contribution in [0.4, 0.5) is 4.79 Å². The molecule has 36 heavy (non-hydrogen) atoms. The van der Waals surface area contributed by atoms with Gasteiger partial charge in [-0.05, 0) is 70.1 Å². The Bertz CT molecular complexity index is 901. The lowest BCUT2D eigenvalue weighted by molar-refractivity contribution is -0.144. The van der Waals surface area contributed by atoms with Crippen molar-refractivity contribution >= 4 is 17.9 Å². The highest BCUT2D eigenvalue weighted by Gasteiger charge is 2.45. The van der Waals surface area contributed by atoms with Crippen LogP contribution in [-0.4, -0.2) is 51.6 Å². The normalized spacial score (nSPS) is 19.0. The minimum atomic E-state index is -0.848. The van der Waals surface area contributed by atoms with Crippen LogP contribution in [0.2, 0.25) is 0 Å². The average Bonchev–Trinajstić information content (AvgIpc) is 3.65. The van der Waals surface area contributed by atoms with E-state index in [9.17, 15) is 19.5 Å². The van der Waals surface area contributed by atoms with Crippen LogP contribution in [0.1, 0.15) is 97.6 Å². The summed E-state index contributed by atoms with van der Waals surface area (Å²) in [6, 6.07) is 4.80. The summed E-state index contributed by atoms with van der Waals surface area (Å²) in [6.07, 6.45) is 6.82. The van der Waals surface area contributed by atoms with E-state index in [2.05, 4.69) is 10.6 Å². The van der Waals surface area contributed by atoms with E-state index in [-0.39, 0.29) is 35.6 Å². The van der Waals surface area contributed by atoms with Crippen LogP contribution in [0.3, 0.4) is 0 Å². The first-order valence-electron chi connectivity index (χ1n) is 13.4. The Balaban J connectivity index is 1.93. The summed E-state index contributed by atoms with van der Waals surface area (Å²) in [5, 5.41) is 15.8. The Morgan fingerprint density at radius 2 is 1.67 bits per heavy atom. The van der Waals surface area contributed by atoms with Crippen LogP contribution in [0.5, 0.6) is 5.75 Å². The highest BCUT2D eigenvalue weighted by Crippen LogP contribution is 2.37. The van der Waals surface area contributed by atoms with Crippen molar-refractivity contribution in [3.63, 3.8) is 0 Å². The molecule has 3 rings (SSSR count). The first kappa shape index (κ1) is 27.8. The summed E-state index contributed by atoms with van der Waals surface area (Å²) >= 11 is 0. The smallest absolute Gasteiger partial charge is 0.408 e. The van der Waals surface area contributed by atoms with Gasteiger partial charge < -0.3 is 25.4 Å². The molecule has 0 heterocycles. The molecule has 0 aliphatic heterocycles. The molecule has 2 fully saturated rings. The van der Waals surface area contributed by atoms with Crippen molar-refractivity contribution in [2.45, 2.75) is 116 Å². The SMILES string of the molecule is CCC(C)C(NC(=O)OC(C)(C)C)C(=O)N(C1CC1)C(C(=O)NC1CCCCC1)c1ccc(O)cc1. The fraction of sp³-hybridized carbons (Fsp3) is 0.679. The molecule has 1 aromatic rings. The van der Waals surface area contributed by atoms with E-state index >= 15 is 0 Å². The first-order chi connectivity index (χ1) is 17.0. The monoisotopic (exact) mass is 501 g/mol. The molecule has 2 saturated carbocycles. The number of aromatic hydroxyl groups is 1. The highest BCUT2D eigenvalue weighted by molar-refractivity contribution is 5.93. The van der Waals surface area contributed by atoms with Gasteiger partial charge in [-0.3, -0.25) is 9.59 Å². The molecule has 2 aliphatic rings. The van der Waals surface area contributed by atoms with E-state index in [1.54, 1.807) is 37.8 Å². The number of ether oxygens (including phenoxy) is 1. The number of carbonyl (C=O) groups excluding carboxylic acids is 3. The van der Waals surface area contributed by atoms with E-state index in [0.29, 0.717) is 12.0 Å². The number of benzene rings is 1. The zero-order valence-electron chi connectivity index (χ0n) is 22.4. The first-order valence-corrected chi connectivity index (χ1v) is 13.4. The van der Waals surface area contributed by atoms with Crippen LogP contribution in [0, 0.1) is 5.92 Å². The van der Waals surface area contributed by atoms with Gasteiger partial charge in [0.2, 0.25) is 11.8 Å². The van der Waals surface area contributed by atoms with E-state index in [1.165, 1.54) is 18.6 Å². The number of hydrogen-bond donors (Lipinski definition) is 3. The van der Waals surface area contributed by atoms with E-state index in [4.69, 9.17) is 4.74 Å². The number of phenols is 1. The van der Waals surface area contributed by atoms with Crippen molar-refractivity contribution in [1.82, 2.24) is 15.5 Å². The number of hydrogen-bond acceptors (Lipinski definition) is 5.